The minimum atomic E-state index is -0.0293. The molecular weight excluding hydrogens is 300 g/mol. The van der Waals surface area contributed by atoms with Crippen LogP contribution in [0.2, 0.25) is 0 Å². The van der Waals surface area contributed by atoms with E-state index in [2.05, 4.69) is 5.32 Å². The Labute approximate surface area is 133 Å². The second-order valence-electron chi connectivity index (χ2n) is 5.38. The first-order chi connectivity index (χ1) is 10.8. The normalized spacial score (nSPS) is 17.9. The summed E-state index contributed by atoms with van der Waals surface area (Å²) in [6.45, 7) is 1.79. The molecule has 22 heavy (non-hydrogen) atoms. The predicted octanol–water partition coefficient (Wildman–Crippen LogP) is 3.53. The molecule has 0 spiro atoms. The van der Waals surface area contributed by atoms with Crippen molar-refractivity contribution in [2.45, 2.75) is 32.0 Å². The van der Waals surface area contributed by atoms with Gasteiger partial charge in [0.25, 0.3) is 0 Å². The number of furan rings is 1. The standard InChI is InChI=1S/C16H20N2O3S/c1-20-10-13-4-5-15(21-13)14-3-2-7-18(14)16(19)17-9-12-6-8-22-11-12/h4-6,8,11,14H,2-3,7,9-10H2,1H3,(H,17,19)/t14-/m1/s1. The van der Waals surface area contributed by atoms with Crippen LogP contribution in [0.3, 0.4) is 0 Å². The second kappa shape index (κ2) is 6.98. The van der Waals surface area contributed by atoms with Crippen LogP contribution < -0.4 is 5.32 Å². The molecule has 2 amide bonds. The number of hydrogen-bond acceptors (Lipinski definition) is 4. The zero-order chi connectivity index (χ0) is 15.4. The van der Waals surface area contributed by atoms with Crippen LogP contribution in [0.25, 0.3) is 0 Å². The van der Waals surface area contributed by atoms with Crippen LogP contribution in [0.4, 0.5) is 4.79 Å². The van der Waals surface area contributed by atoms with Gasteiger partial charge in [0.05, 0.1) is 6.04 Å². The number of urea groups is 1. The highest BCUT2D eigenvalue weighted by molar-refractivity contribution is 7.07. The average molecular weight is 320 g/mol. The largest absolute Gasteiger partial charge is 0.461 e. The summed E-state index contributed by atoms with van der Waals surface area (Å²) in [4.78, 5) is 14.3. The number of thiophene rings is 1. The van der Waals surface area contributed by atoms with Gasteiger partial charge in [-0.25, -0.2) is 4.79 Å². The molecule has 0 unspecified atom stereocenters. The number of rotatable bonds is 5. The quantitative estimate of drug-likeness (QED) is 0.917. The van der Waals surface area contributed by atoms with Gasteiger partial charge >= 0.3 is 6.03 Å². The number of nitrogens with zero attached hydrogens (tertiary/aromatic N) is 1. The Balaban J connectivity index is 1.62. The number of likely N-dealkylation sites (tertiary alicyclic amines) is 1. The van der Waals surface area contributed by atoms with E-state index in [1.807, 2.05) is 33.9 Å². The lowest BCUT2D eigenvalue weighted by Crippen LogP contribution is -2.38. The fourth-order valence-electron chi connectivity index (χ4n) is 2.77. The lowest BCUT2D eigenvalue weighted by atomic mass is 10.2. The Hall–Kier alpha value is -1.79. The van der Waals surface area contributed by atoms with Crippen molar-refractivity contribution in [1.82, 2.24) is 10.2 Å². The first-order valence-electron chi connectivity index (χ1n) is 7.41. The summed E-state index contributed by atoms with van der Waals surface area (Å²) in [7, 11) is 1.64. The maximum atomic E-state index is 12.4. The Morgan fingerprint density at radius 2 is 2.41 bits per heavy atom. The van der Waals surface area contributed by atoms with Crippen molar-refractivity contribution in [3.8, 4) is 0 Å². The Kier molecular flexibility index (Phi) is 4.80. The SMILES string of the molecule is COCc1ccc([C@H]2CCCN2C(=O)NCc2ccsc2)o1. The van der Waals surface area contributed by atoms with E-state index < -0.39 is 0 Å². The Morgan fingerprint density at radius 3 is 3.18 bits per heavy atom. The molecule has 1 aliphatic heterocycles. The minimum Gasteiger partial charge on any atom is -0.461 e. The van der Waals surface area contributed by atoms with E-state index in [1.165, 1.54) is 0 Å². The monoisotopic (exact) mass is 320 g/mol. The molecule has 1 N–H and O–H groups in total. The molecule has 1 fully saturated rings. The van der Waals surface area contributed by atoms with E-state index in [0.717, 1.165) is 36.5 Å². The van der Waals surface area contributed by atoms with Crippen LogP contribution in [0.5, 0.6) is 0 Å². The summed E-state index contributed by atoms with van der Waals surface area (Å²) in [5.41, 5.74) is 1.13. The molecule has 1 saturated heterocycles. The minimum absolute atomic E-state index is 0.0214. The summed E-state index contributed by atoms with van der Waals surface area (Å²) < 4.78 is 10.9. The van der Waals surface area contributed by atoms with Crippen molar-refractivity contribution in [2.24, 2.45) is 0 Å². The first kappa shape index (κ1) is 15.1. The van der Waals surface area contributed by atoms with Gasteiger partial charge in [-0.3, -0.25) is 0 Å². The van der Waals surface area contributed by atoms with E-state index in [9.17, 15) is 4.79 Å². The van der Waals surface area contributed by atoms with Gasteiger partial charge in [0.1, 0.15) is 18.1 Å². The van der Waals surface area contributed by atoms with Crippen LogP contribution in [0.15, 0.2) is 33.4 Å². The van der Waals surface area contributed by atoms with Gasteiger partial charge < -0.3 is 19.4 Å². The molecule has 0 radical (unpaired) electrons. The van der Waals surface area contributed by atoms with Crippen molar-refractivity contribution in [3.05, 3.63) is 46.0 Å². The zero-order valence-corrected chi connectivity index (χ0v) is 13.4. The van der Waals surface area contributed by atoms with E-state index in [0.29, 0.717) is 13.2 Å². The van der Waals surface area contributed by atoms with Crippen molar-refractivity contribution in [1.29, 1.82) is 0 Å². The van der Waals surface area contributed by atoms with E-state index in [-0.39, 0.29) is 12.1 Å². The zero-order valence-electron chi connectivity index (χ0n) is 12.6. The first-order valence-corrected chi connectivity index (χ1v) is 8.35. The van der Waals surface area contributed by atoms with E-state index >= 15 is 0 Å². The predicted molar refractivity (Wildman–Crippen MR) is 84.7 cm³/mol. The van der Waals surface area contributed by atoms with Crippen LogP contribution in [0.1, 0.15) is 36.0 Å². The van der Waals surface area contributed by atoms with Crippen LogP contribution in [-0.2, 0) is 17.9 Å². The highest BCUT2D eigenvalue weighted by atomic mass is 32.1. The highest BCUT2D eigenvalue weighted by Gasteiger charge is 2.32. The number of carbonyl (C=O) groups is 1. The van der Waals surface area contributed by atoms with Gasteiger partial charge in [0.15, 0.2) is 0 Å². The molecule has 6 heteroatoms. The number of nitrogens with one attached hydrogen (secondary N) is 1. The molecular formula is C16H20N2O3S. The van der Waals surface area contributed by atoms with Crippen LogP contribution in [-0.4, -0.2) is 24.6 Å². The van der Waals surface area contributed by atoms with Gasteiger partial charge in [0, 0.05) is 20.2 Å². The van der Waals surface area contributed by atoms with E-state index in [1.54, 1.807) is 18.4 Å². The summed E-state index contributed by atoms with van der Waals surface area (Å²) >= 11 is 1.64. The third-order valence-corrected chi connectivity index (χ3v) is 4.57. The molecule has 0 bridgehead atoms. The van der Waals surface area contributed by atoms with Gasteiger partial charge in [-0.2, -0.15) is 11.3 Å². The maximum Gasteiger partial charge on any atom is 0.318 e. The molecule has 3 heterocycles. The smallest absolute Gasteiger partial charge is 0.318 e. The molecule has 3 rings (SSSR count). The number of hydrogen-bond donors (Lipinski definition) is 1. The molecule has 0 saturated carbocycles. The van der Waals surface area contributed by atoms with Gasteiger partial charge in [-0.15, -0.1) is 0 Å². The summed E-state index contributed by atoms with van der Waals surface area (Å²) in [5.74, 6) is 1.64. The molecule has 0 aliphatic carbocycles. The fourth-order valence-corrected chi connectivity index (χ4v) is 3.44. The van der Waals surface area contributed by atoms with Crippen molar-refractivity contribution < 1.29 is 13.9 Å². The van der Waals surface area contributed by atoms with Gasteiger partial charge in [0.2, 0.25) is 0 Å². The summed E-state index contributed by atoms with van der Waals surface area (Å²) in [6.07, 6.45) is 1.93. The molecule has 1 aliphatic rings. The molecule has 2 aromatic rings. The molecule has 2 aromatic heterocycles. The van der Waals surface area contributed by atoms with Crippen molar-refractivity contribution in [3.63, 3.8) is 0 Å². The third kappa shape index (κ3) is 3.34. The number of ether oxygens (including phenoxy) is 1. The maximum absolute atomic E-state index is 12.4. The number of amides is 2. The van der Waals surface area contributed by atoms with Gasteiger partial charge in [-0.05, 0) is 47.4 Å². The number of methoxy groups -OCH3 is 1. The van der Waals surface area contributed by atoms with Crippen molar-refractivity contribution in [2.75, 3.05) is 13.7 Å². The van der Waals surface area contributed by atoms with Gasteiger partial charge in [-0.1, -0.05) is 0 Å². The lowest BCUT2D eigenvalue weighted by molar-refractivity contribution is 0.156. The fraction of sp³-hybridized carbons (Fsp3) is 0.438. The second-order valence-corrected chi connectivity index (χ2v) is 6.16. The van der Waals surface area contributed by atoms with Crippen molar-refractivity contribution >= 4 is 17.4 Å². The summed E-state index contributed by atoms with van der Waals surface area (Å²) in [5, 5.41) is 7.05. The lowest BCUT2D eigenvalue weighted by Gasteiger charge is -2.23. The highest BCUT2D eigenvalue weighted by Crippen LogP contribution is 2.33. The molecule has 0 aromatic carbocycles. The average Bonchev–Trinajstić information content (AvgIpc) is 3.25. The number of carbonyl (C=O) groups excluding carboxylic acids is 1. The Bertz CT molecular complexity index is 609. The van der Waals surface area contributed by atoms with Crippen LogP contribution >= 0.6 is 11.3 Å². The van der Waals surface area contributed by atoms with E-state index in [4.69, 9.17) is 9.15 Å². The molecule has 5 nitrogen and oxygen atoms in total. The summed E-state index contributed by atoms with van der Waals surface area (Å²) in [6, 6.07) is 5.88. The third-order valence-electron chi connectivity index (χ3n) is 3.83. The topological polar surface area (TPSA) is 54.7 Å². The Morgan fingerprint density at radius 1 is 1.50 bits per heavy atom. The van der Waals surface area contributed by atoms with Crippen LogP contribution in [0, 0.1) is 0 Å². The molecule has 1 atom stereocenters. The molecule has 118 valence electrons.